The summed E-state index contributed by atoms with van der Waals surface area (Å²) in [6, 6.07) is 6.52. The van der Waals surface area contributed by atoms with E-state index >= 15 is 0 Å². The van der Waals surface area contributed by atoms with Gasteiger partial charge in [0.1, 0.15) is 7.05 Å². The third kappa shape index (κ3) is 14.8. The van der Waals surface area contributed by atoms with Crippen molar-refractivity contribution in [2.45, 2.75) is 116 Å². The van der Waals surface area contributed by atoms with Gasteiger partial charge in [-0.15, -0.1) is 0 Å². The third-order valence-electron chi connectivity index (χ3n) is 5.45. The van der Waals surface area contributed by atoms with Gasteiger partial charge >= 0.3 is 0 Å². The first-order valence-electron chi connectivity index (χ1n) is 11.3. The molecule has 0 saturated carbocycles. The molecule has 0 radical (unpaired) electrons. The minimum absolute atomic E-state index is 0. The fourth-order valence-electron chi connectivity index (χ4n) is 3.67. The lowest BCUT2D eigenvalue weighted by Gasteiger charge is -2.03. The van der Waals surface area contributed by atoms with Crippen molar-refractivity contribution in [3.63, 3.8) is 0 Å². The van der Waals surface area contributed by atoms with E-state index in [1.54, 1.807) is 0 Å². The molecular weight excluding hydrogens is 382 g/mol. The molecule has 152 valence electrons. The first-order valence-corrected chi connectivity index (χ1v) is 11.3. The maximum absolute atomic E-state index is 2.30. The first kappa shape index (κ1) is 25.6. The van der Waals surface area contributed by atoms with Crippen LogP contribution in [0.15, 0.2) is 24.4 Å². The highest BCUT2D eigenvalue weighted by Crippen LogP contribution is 2.14. The van der Waals surface area contributed by atoms with Crippen molar-refractivity contribution in [2.24, 2.45) is 7.05 Å². The van der Waals surface area contributed by atoms with Crippen LogP contribution in [0.25, 0.3) is 0 Å². The Bertz CT molecular complexity index is 405. The van der Waals surface area contributed by atoms with Crippen LogP contribution >= 0.6 is 0 Å². The highest BCUT2D eigenvalue weighted by molar-refractivity contribution is 4.96. The van der Waals surface area contributed by atoms with E-state index in [4.69, 9.17) is 0 Å². The molecule has 1 aromatic rings. The van der Waals surface area contributed by atoms with Gasteiger partial charge in [-0.1, -0.05) is 109 Å². The molecule has 0 fully saturated rings. The Labute approximate surface area is 174 Å². The molecule has 0 aliphatic carbocycles. The molecule has 0 aliphatic rings. The lowest BCUT2D eigenvalue weighted by Crippen LogP contribution is -3.00. The Morgan fingerprint density at radius 2 is 1.04 bits per heavy atom. The van der Waals surface area contributed by atoms with E-state index in [1.807, 2.05) is 0 Å². The molecule has 2 heteroatoms. The molecule has 1 rings (SSSR count). The maximum atomic E-state index is 2.30. The Balaban J connectivity index is 0.00000625. The summed E-state index contributed by atoms with van der Waals surface area (Å²) in [5.74, 6) is 0. The number of halogens is 1. The SMILES string of the molecule is CCCCCCCCCCCCCCCCCCc1cccc[n+]1C.[Br-]. The van der Waals surface area contributed by atoms with Crippen LogP contribution in [0.4, 0.5) is 0 Å². The van der Waals surface area contributed by atoms with Crippen molar-refractivity contribution >= 4 is 0 Å². The van der Waals surface area contributed by atoms with Crippen LogP contribution in [-0.2, 0) is 13.5 Å². The summed E-state index contributed by atoms with van der Waals surface area (Å²) in [6.45, 7) is 2.30. The minimum Gasteiger partial charge on any atom is -1.00 e. The van der Waals surface area contributed by atoms with E-state index in [1.165, 1.54) is 115 Å². The second-order valence-corrected chi connectivity index (χ2v) is 7.86. The normalized spacial score (nSPS) is 10.7. The van der Waals surface area contributed by atoms with Gasteiger partial charge in [-0.05, 0) is 6.42 Å². The number of hydrogen-bond acceptors (Lipinski definition) is 0. The number of pyridine rings is 1. The highest BCUT2D eigenvalue weighted by Gasteiger charge is 2.03. The van der Waals surface area contributed by atoms with Gasteiger partial charge in [-0.2, -0.15) is 0 Å². The molecule has 0 aromatic carbocycles. The molecular formula is C24H44BrN. The van der Waals surface area contributed by atoms with Crippen LogP contribution in [0.1, 0.15) is 115 Å². The quantitative estimate of drug-likeness (QED) is 0.258. The van der Waals surface area contributed by atoms with Crippen molar-refractivity contribution in [3.8, 4) is 0 Å². The smallest absolute Gasteiger partial charge is 0.181 e. The van der Waals surface area contributed by atoms with Crippen LogP contribution in [0.3, 0.4) is 0 Å². The zero-order valence-corrected chi connectivity index (χ0v) is 19.2. The van der Waals surface area contributed by atoms with Crippen LogP contribution in [0, 0.1) is 0 Å². The molecule has 0 spiro atoms. The number of aryl methyl sites for hydroxylation is 2. The molecule has 0 unspecified atom stereocenters. The predicted molar refractivity (Wildman–Crippen MR) is 111 cm³/mol. The zero-order chi connectivity index (χ0) is 18.0. The summed E-state index contributed by atoms with van der Waals surface area (Å²) in [5, 5.41) is 0. The molecule has 26 heavy (non-hydrogen) atoms. The maximum Gasteiger partial charge on any atom is 0.181 e. The third-order valence-corrected chi connectivity index (χ3v) is 5.45. The van der Waals surface area contributed by atoms with Crippen LogP contribution in [0.2, 0.25) is 0 Å². The number of aromatic nitrogens is 1. The Hall–Kier alpha value is -0.370. The van der Waals surface area contributed by atoms with E-state index in [9.17, 15) is 0 Å². The monoisotopic (exact) mass is 425 g/mol. The minimum atomic E-state index is 0. The Morgan fingerprint density at radius 1 is 0.615 bits per heavy atom. The summed E-state index contributed by atoms with van der Waals surface area (Å²) >= 11 is 0. The van der Waals surface area contributed by atoms with Gasteiger partial charge < -0.3 is 17.0 Å². The number of unbranched alkanes of at least 4 members (excludes halogenated alkanes) is 15. The highest BCUT2D eigenvalue weighted by atomic mass is 79.9. The lowest BCUT2D eigenvalue weighted by molar-refractivity contribution is -0.679. The molecule has 0 amide bonds. The van der Waals surface area contributed by atoms with Crippen molar-refractivity contribution < 1.29 is 21.5 Å². The van der Waals surface area contributed by atoms with Gasteiger partial charge in [0.2, 0.25) is 0 Å². The summed E-state index contributed by atoms with van der Waals surface area (Å²) in [4.78, 5) is 0. The van der Waals surface area contributed by atoms with Crippen molar-refractivity contribution in [3.05, 3.63) is 30.1 Å². The topological polar surface area (TPSA) is 3.88 Å². The van der Waals surface area contributed by atoms with Crippen LogP contribution in [-0.4, -0.2) is 0 Å². The average Bonchev–Trinajstić information content (AvgIpc) is 2.63. The second-order valence-electron chi connectivity index (χ2n) is 7.86. The van der Waals surface area contributed by atoms with Crippen LogP contribution in [0.5, 0.6) is 0 Å². The fourth-order valence-corrected chi connectivity index (χ4v) is 3.67. The van der Waals surface area contributed by atoms with Crippen molar-refractivity contribution in [1.82, 2.24) is 0 Å². The number of hydrogen-bond donors (Lipinski definition) is 0. The van der Waals surface area contributed by atoms with E-state index in [0.29, 0.717) is 0 Å². The molecule has 1 heterocycles. The second kappa shape index (κ2) is 19.4. The molecule has 0 aliphatic heterocycles. The standard InChI is InChI=1S/C24H44N.BrH/c1-3-4-5-6-7-8-9-10-11-12-13-14-15-16-17-18-21-24-22-19-20-23-25(24)2;/h19-20,22-23H,3-18,21H2,1-2H3;1H/q+1;/p-1. The molecule has 0 saturated heterocycles. The summed E-state index contributed by atoms with van der Waals surface area (Å²) in [5.41, 5.74) is 1.47. The largest absolute Gasteiger partial charge is 1.00 e. The molecule has 1 nitrogen and oxygen atoms in total. The van der Waals surface area contributed by atoms with Gasteiger partial charge in [-0.25, -0.2) is 4.57 Å². The van der Waals surface area contributed by atoms with E-state index < -0.39 is 0 Å². The molecule has 0 atom stereocenters. The molecule has 0 bridgehead atoms. The summed E-state index contributed by atoms with van der Waals surface area (Å²) in [6.07, 6.45) is 26.5. The zero-order valence-electron chi connectivity index (χ0n) is 17.7. The summed E-state index contributed by atoms with van der Waals surface area (Å²) < 4.78 is 2.26. The van der Waals surface area contributed by atoms with Gasteiger partial charge in [-0.3, -0.25) is 0 Å². The number of rotatable bonds is 17. The molecule has 1 aromatic heterocycles. The lowest BCUT2D eigenvalue weighted by atomic mass is 10.0. The Kier molecular flexibility index (Phi) is 19.1. The van der Waals surface area contributed by atoms with Gasteiger partial charge in [0.25, 0.3) is 0 Å². The van der Waals surface area contributed by atoms with Gasteiger partial charge in [0, 0.05) is 18.6 Å². The fraction of sp³-hybridized carbons (Fsp3) is 0.792. The van der Waals surface area contributed by atoms with E-state index in [-0.39, 0.29) is 17.0 Å². The predicted octanol–water partition coefficient (Wildman–Crippen LogP) is 4.32. The Morgan fingerprint density at radius 3 is 1.46 bits per heavy atom. The van der Waals surface area contributed by atoms with Gasteiger partial charge in [0.15, 0.2) is 11.9 Å². The van der Waals surface area contributed by atoms with Gasteiger partial charge in [0.05, 0.1) is 0 Å². The number of nitrogens with zero attached hydrogens (tertiary/aromatic N) is 1. The summed E-state index contributed by atoms with van der Waals surface area (Å²) in [7, 11) is 2.15. The van der Waals surface area contributed by atoms with Crippen molar-refractivity contribution in [2.75, 3.05) is 0 Å². The van der Waals surface area contributed by atoms with E-state index in [2.05, 4.69) is 42.9 Å². The van der Waals surface area contributed by atoms with Crippen molar-refractivity contribution in [1.29, 1.82) is 0 Å². The van der Waals surface area contributed by atoms with Crippen LogP contribution < -0.4 is 21.5 Å². The average molecular weight is 427 g/mol. The molecule has 0 N–H and O–H groups in total. The van der Waals surface area contributed by atoms with E-state index in [0.717, 1.165) is 0 Å². The first-order chi connectivity index (χ1) is 12.3.